The summed E-state index contributed by atoms with van der Waals surface area (Å²) in [7, 11) is 1.47. The lowest BCUT2D eigenvalue weighted by atomic mass is 10.2. The van der Waals surface area contributed by atoms with E-state index >= 15 is 0 Å². The summed E-state index contributed by atoms with van der Waals surface area (Å²) in [5.41, 5.74) is 1.07. The Balaban J connectivity index is 2.50. The van der Waals surface area contributed by atoms with Gasteiger partial charge in [-0.05, 0) is 18.1 Å². The van der Waals surface area contributed by atoms with Crippen LogP contribution in [0.25, 0.3) is 6.08 Å². The summed E-state index contributed by atoms with van der Waals surface area (Å²) in [4.78, 5) is 11.7. The molecule has 0 bridgehead atoms. The lowest BCUT2D eigenvalue weighted by Crippen LogP contribution is -2.10. The molecule has 0 saturated heterocycles. The van der Waals surface area contributed by atoms with Crippen LogP contribution in [0.15, 0.2) is 48.2 Å². The number of methoxy groups -OCH3 is 1. The van der Waals surface area contributed by atoms with Gasteiger partial charge in [-0.2, -0.15) is 0 Å². The number of carbonyl (C=O) groups excluding carboxylic acids is 1. The molecule has 0 fully saturated rings. The largest absolute Gasteiger partial charge is 0.490 e. The predicted molar refractivity (Wildman–Crippen MR) is 81.1 cm³/mol. The van der Waals surface area contributed by atoms with Crippen LogP contribution in [0.3, 0.4) is 0 Å². The van der Waals surface area contributed by atoms with E-state index in [1.165, 1.54) is 7.11 Å². The van der Waals surface area contributed by atoms with Gasteiger partial charge < -0.3 is 9.47 Å². The molecule has 20 heavy (non-hydrogen) atoms. The monoisotopic (exact) mass is 274 g/mol. The van der Waals surface area contributed by atoms with Gasteiger partial charge in [0.25, 0.3) is 0 Å². The summed E-state index contributed by atoms with van der Waals surface area (Å²) in [6.45, 7) is 2.55. The van der Waals surface area contributed by atoms with Crippen molar-refractivity contribution in [1.82, 2.24) is 0 Å². The summed E-state index contributed by atoms with van der Waals surface area (Å²) in [6.07, 6.45) is 8.36. The molecule has 0 aliphatic rings. The van der Waals surface area contributed by atoms with Crippen LogP contribution >= 0.6 is 0 Å². The molecule has 0 unspecified atom stereocenters. The van der Waals surface area contributed by atoms with E-state index in [0.717, 1.165) is 24.8 Å². The smallest absolute Gasteiger partial charge is 0.373 e. The molecule has 1 aromatic rings. The lowest BCUT2D eigenvalue weighted by molar-refractivity contribution is -0.142. The molecular formula is C17H22O3. The second kappa shape index (κ2) is 9.84. The van der Waals surface area contributed by atoms with Crippen molar-refractivity contribution < 1.29 is 14.3 Å². The molecule has 0 saturated carbocycles. The van der Waals surface area contributed by atoms with E-state index in [1.807, 2.05) is 36.4 Å². The van der Waals surface area contributed by atoms with Crippen molar-refractivity contribution in [3.63, 3.8) is 0 Å². The number of allylic oxidation sites excluding steroid dienone is 2. The van der Waals surface area contributed by atoms with Crippen LogP contribution in [0.5, 0.6) is 0 Å². The van der Waals surface area contributed by atoms with E-state index in [-0.39, 0.29) is 5.76 Å². The quantitative estimate of drug-likeness (QED) is 0.237. The Morgan fingerprint density at radius 1 is 1.20 bits per heavy atom. The van der Waals surface area contributed by atoms with E-state index in [0.29, 0.717) is 6.61 Å². The normalized spacial score (nSPS) is 11.6. The van der Waals surface area contributed by atoms with E-state index < -0.39 is 5.97 Å². The molecule has 0 spiro atoms. The zero-order chi connectivity index (χ0) is 14.6. The van der Waals surface area contributed by atoms with Crippen LogP contribution in [0.4, 0.5) is 0 Å². The van der Waals surface area contributed by atoms with Crippen LogP contribution in [-0.4, -0.2) is 19.7 Å². The third-order valence-electron chi connectivity index (χ3n) is 2.74. The van der Waals surface area contributed by atoms with Crippen molar-refractivity contribution in [3.05, 3.63) is 53.8 Å². The molecule has 0 aliphatic heterocycles. The topological polar surface area (TPSA) is 35.5 Å². The number of hydrogen-bond donors (Lipinski definition) is 0. The van der Waals surface area contributed by atoms with Gasteiger partial charge in [-0.3, -0.25) is 0 Å². The first-order valence-electron chi connectivity index (χ1n) is 6.92. The number of esters is 1. The number of benzene rings is 1. The van der Waals surface area contributed by atoms with Gasteiger partial charge in [0.1, 0.15) is 0 Å². The summed E-state index contributed by atoms with van der Waals surface area (Å²) in [5.74, 6) is -0.199. The van der Waals surface area contributed by atoms with Crippen LogP contribution in [0.1, 0.15) is 31.7 Å². The molecule has 0 heterocycles. The van der Waals surface area contributed by atoms with Crippen molar-refractivity contribution in [2.45, 2.75) is 26.2 Å². The van der Waals surface area contributed by atoms with Gasteiger partial charge in [0.15, 0.2) is 0 Å². The molecule has 1 rings (SSSR count). The molecule has 1 aromatic carbocycles. The minimum absolute atomic E-state index is 0.216. The van der Waals surface area contributed by atoms with Gasteiger partial charge in [0.05, 0.1) is 13.7 Å². The fourth-order valence-electron chi connectivity index (χ4n) is 1.62. The highest BCUT2D eigenvalue weighted by Crippen LogP contribution is 2.05. The number of rotatable bonds is 8. The zero-order valence-corrected chi connectivity index (χ0v) is 12.2. The molecule has 0 radical (unpaired) electrons. The number of carbonyl (C=O) groups is 1. The summed E-state index contributed by atoms with van der Waals surface area (Å²) in [5, 5.41) is 0. The van der Waals surface area contributed by atoms with Crippen LogP contribution in [0, 0.1) is 0 Å². The van der Waals surface area contributed by atoms with Gasteiger partial charge in [-0.1, -0.05) is 62.2 Å². The highest BCUT2D eigenvalue weighted by Gasteiger charge is 2.09. The number of hydrogen-bond acceptors (Lipinski definition) is 3. The maximum atomic E-state index is 11.7. The first-order chi connectivity index (χ1) is 9.77. The summed E-state index contributed by atoms with van der Waals surface area (Å²) >= 11 is 0. The molecule has 0 aromatic heterocycles. The second-order valence-electron chi connectivity index (χ2n) is 4.35. The fourth-order valence-corrected chi connectivity index (χ4v) is 1.62. The van der Waals surface area contributed by atoms with Gasteiger partial charge in [-0.15, -0.1) is 0 Å². The Morgan fingerprint density at radius 3 is 2.60 bits per heavy atom. The zero-order valence-electron chi connectivity index (χ0n) is 12.2. The minimum Gasteiger partial charge on any atom is -0.490 e. The molecule has 3 nitrogen and oxygen atoms in total. The number of ether oxygens (including phenoxy) is 2. The third kappa shape index (κ3) is 6.23. The van der Waals surface area contributed by atoms with Crippen LogP contribution in [-0.2, 0) is 14.3 Å². The minimum atomic E-state index is -0.415. The van der Waals surface area contributed by atoms with E-state index in [1.54, 1.807) is 12.2 Å². The highest BCUT2D eigenvalue weighted by molar-refractivity contribution is 5.86. The molecule has 0 N–H and O–H groups in total. The molecule has 3 heteroatoms. The van der Waals surface area contributed by atoms with Gasteiger partial charge >= 0.3 is 5.97 Å². The SMILES string of the molecule is CCCCCOC(=O)/C(=C/C=C/c1ccccc1)OC. The molecule has 0 atom stereocenters. The molecular weight excluding hydrogens is 252 g/mol. The maximum absolute atomic E-state index is 11.7. The molecule has 0 amide bonds. The summed E-state index contributed by atoms with van der Waals surface area (Å²) in [6, 6.07) is 9.85. The standard InChI is InChI=1S/C17H22O3/c1-3-4-8-14-20-17(18)16(19-2)13-9-12-15-10-6-5-7-11-15/h5-7,9-13H,3-4,8,14H2,1-2H3/b12-9+,16-13-. The second-order valence-corrected chi connectivity index (χ2v) is 4.35. The van der Waals surface area contributed by atoms with Crippen molar-refractivity contribution >= 4 is 12.0 Å². The van der Waals surface area contributed by atoms with Gasteiger partial charge in [-0.25, -0.2) is 4.79 Å². The van der Waals surface area contributed by atoms with E-state index in [4.69, 9.17) is 9.47 Å². The first-order valence-corrected chi connectivity index (χ1v) is 6.92. The lowest BCUT2D eigenvalue weighted by Gasteiger charge is -2.06. The predicted octanol–water partition coefficient (Wildman–Crippen LogP) is 3.96. The van der Waals surface area contributed by atoms with Crippen molar-refractivity contribution in [1.29, 1.82) is 0 Å². The van der Waals surface area contributed by atoms with Crippen LogP contribution < -0.4 is 0 Å². The summed E-state index contributed by atoms with van der Waals surface area (Å²) < 4.78 is 10.2. The first kappa shape index (κ1) is 16.0. The average molecular weight is 274 g/mol. The molecule has 108 valence electrons. The van der Waals surface area contributed by atoms with Gasteiger partial charge in [0.2, 0.25) is 5.76 Å². The van der Waals surface area contributed by atoms with Gasteiger partial charge in [0, 0.05) is 0 Å². The Morgan fingerprint density at radius 2 is 1.95 bits per heavy atom. The Bertz CT molecular complexity index is 447. The Labute approximate surface area is 120 Å². The Kier molecular flexibility index (Phi) is 7.89. The fraction of sp³-hybridized carbons (Fsp3) is 0.353. The highest BCUT2D eigenvalue weighted by atomic mass is 16.6. The van der Waals surface area contributed by atoms with Crippen molar-refractivity contribution in [2.75, 3.05) is 13.7 Å². The van der Waals surface area contributed by atoms with E-state index in [9.17, 15) is 4.79 Å². The molecule has 0 aliphatic carbocycles. The van der Waals surface area contributed by atoms with E-state index in [2.05, 4.69) is 6.92 Å². The maximum Gasteiger partial charge on any atom is 0.373 e. The van der Waals surface area contributed by atoms with Crippen LogP contribution in [0.2, 0.25) is 0 Å². The third-order valence-corrected chi connectivity index (χ3v) is 2.74. The number of unbranched alkanes of at least 4 members (excludes halogenated alkanes) is 2. The van der Waals surface area contributed by atoms with Crippen molar-refractivity contribution in [2.24, 2.45) is 0 Å². The van der Waals surface area contributed by atoms with Crippen molar-refractivity contribution in [3.8, 4) is 0 Å². The average Bonchev–Trinajstić information content (AvgIpc) is 2.49. The Hall–Kier alpha value is -2.03.